The number of likely N-dealkylation sites (N-methyl/N-ethyl adjacent to an activating group) is 1. The fourth-order valence-corrected chi connectivity index (χ4v) is 2.35. The molecule has 0 amide bonds. The van der Waals surface area contributed by atoms with Gasteiger partial charge in [0, 0.05) is 6.04 Å². The predicted octanol–water partition coefficient (Wildman–Crippen LogP) is 3.12. The van der Waals surface area contributed by atoms with E-state index in [0.717, 1.165) is 24.3 Å². The van der Waals surface area contributed by atoms with Crippen molar-refractivity contribution >= 4 is 0 Å². The van der Waals surface area contributed by atoms with Crippen molar-refractivity contribution in [2.24, 2.45) is 0 Å². The Morgan fingerprint density at radius 2 is 1.68 bits per heavy atom. The summed E-state index contributed by atoms with van der Waals surface area (Å²) in [5, 5.41) is 9.49. The lowest BCUT2D eigenvalue weighted by atomic mass is 10.1. The second kappa shape index (κ2) is 8.57. The molecule has 0 aliphatic rings. The number of ether oxygens (including phenoxy) is 1. The van der Waals surface area contributed by atoms with Crippen LogP contribution in [0.15, 0.2) is 54.6 Å². The molecular weight excluding hydrogens is 274 g/mol. The van der Waals surface area contributed by atoms with Crippen LogP contribution in [0.25, 0.3) is 0 Å². The Bertz CT molecular complexity index is 539. The minimum absolute atomic E-state index is 0.168. The zero-order valence-electron chi connectivity index (χ0n) is 13.4. The Balaban J connectivity index is 1.89. The topological polar surface area (TPSA) is 32.7 Å². The van der Waals surface area contributed by atoms with Gasteiger partial charge in [-0.3, -0.25) is 0 Å². The van der Waals surface area contributed by atoms with Crippen molar-refractivity contribution in [2.75, 3.05) is 20.2 Å². The summed E-state index contributed by atoms with van der Waals surface area (Å²) >= 11 is 0. The number of hydrogen-bond acceptors (Lipinski definition) is 3. The van der Waals surface area contributed by atoms with Gasteiger partial charge in [0.1, 0.15) is 12.4 Å². The Kier molecular flexibility index (Phi) is 6.44. The second-order valence-corrected chi connectivity index (χ2v) is 5.53. The zero-order chi connectivity index (χ0) is 15.8. The summed E-state index contributed by atoms with van der Waals surface area (Å²) < 4.78 is 5.79. The van der Waals surface area contributed by atoms with E-state index >= 15 is 0 Å². The molecule has 118 valence electrons. The first-order chi connectivity index (χ1) is 10.7. The van der Waals surface area contributed by atoms with Gasteiger partial charge in [-0.2, -0.15) is 0 Å². The maximum atomic E-state index is 9.49. The van der Waals surface area contributed by atoms with Crippen LogP contribution in [-0.4, -0.2) is 36.2 Å². The molecule has 1 atom stereocenters. The molecule has 3 heteroatoms. The molecule has 22 heavy (non-hydrogen) atoms. The van der Waals surface area contributed by atoms with Gasteiger partial charge in [-0.15, -0.1) is 0 Å². The van der Waals surface area contributed by atoms with E-state index in [0.29, 0.717) is 6.61 Å². The Hall–Kier alpha value is -1.84. The lowest BCUT2D eigenvalue weighted by molar-refractivity contribution is 0.151. The first-order valence-corrected chi connectivity index (χ1v) is 7.79. The van der Waals surface area contributed by atoms with Crippen molar-refractivity contribution in [3.05, 3.63) is 65.7 Å². The van der Waals surface area contributed by atoms with Gasteiger partial charge in [-0.25, -0.2) is 0 Å². The first-order valence-electron chi connectivity index (χ1n) is 7.79. The molecule has 2 rings (SSSR count). The van der Waals surface area contributed by atoms with Gasteiger partial charge in [0.15, 0.2) is 0 Å². The third kappa shape index (κ3) is 4.86. The lowest BCUT2D eigenvalue weighted by Gasteiger charge is -2.25. The van der Waals surface area contributed by atoms with Crippen LogP contribution >= 0.6 is 0 Å². The monoisotopic (exact) mass is 299 g/mol. The van der Waals surface area contributed by atoms with Crippen LogP contribution in [0.3, 0.4) is 0 Å². The summed E-state index contributed by atoms with van der Waals surface area (Å²) in [5.74, 6) is 0.872. The van der Waals surface area contributed by atoms with Gasteiger partial charge in [0.2, 0.25) is 0 Å². The van der Waals surface area contributed by atoms with E-state index < -0.39 is 0 Å². The highest BCUT2D eigenvalue weighted by atomic mass is 16.5. The van der Waals surface area contributed by atoms with Crippen LogP contribution in [-0.2, 0) is 13.0 Å². The van der Waals surface area contributed by atoms with E-state index in [1.165, 1.54) is 5.56 Å². The molecule has 2 aromatic carbocycles. The van der Waals surface area contributed by atoms with E-state index in [1.807, 2.05) is 37.4 Å². The molecule has 0 spiro atoms. The summed E-state index contributed by atoms with van der Waals surface area (Å²) in [5.41, 5.74) is 2.38. The van der Waals surface area contributed by atoms with Crippen molar-refractivity contribution in [3.8, 4) is 5.75 Å². The van der Waals surface area contributed by atoms with Crippen LogP contribution in [0.1, 0.15) is 18.1 Å². The van der Waals surface area contributed by atoms with Gasteiger partial charge >= 0.3 is 0 Å². The molecule has 1 N–H and O–H groups in total. The third-order valence-corrected chi connectivity index (χ3v) is 3.98. The largest absolute Gasteiger partial charge is 0.489 e. The SMILES string of the molecule is CCN(C)[C@H](CO)Cc1ccc(OCc2ccccc2)cc1. The normalized spacial score (nSPS) is 12.4. The molecule has 3 nitrogen and oxygen atoms in total. The number of hydrogen-bond donors (Lipinski definition) is 1. The fourth-order valence-electron chi connectivity index (χ4n) is 2.35. The molecule has 2 aromatic rings. The minimum atomic E-state index is 0.168. The standard InChI is InChI=1S/C19H25NO2/c1-3-20(2)18(14-21)13-16-9-11-19(12-10-16)22-15-17-7-5-4-6-8-17/h4-12,18,21H,3,13-15H2,1-2H3/t18-/m0/s1. The number of aliphatic hydroxyl groups excluding tert-OH is 1. The van der Waals surface area contributed by atoms with Gasteiger partial charge in [-0.05, 0) is 43.3 Å². The van der Waals surface area contributed by atoms with Crippen LogP contribution < -0.4 is 4.74 Å². The number of nitrogens with zero attached hydrogens (tertiary/aromatic N) is 1. The quantitative estimate of drug-likeness (QED) is 0.813. The van der Waals surface area contributed by atoms with Crippen LogP contribution in [0, 0.1) is 0 Å². The van der Waals surface area contributed by atoms with Crippen LogP contribution in [0.2, 0.25) is 0 Å². The molecule has 0 fully saturated rings. The Morgan fingerprint density at radius 1 is 1.00 bits per heavy atom. The third-order valence-electron chi connectivity index (χ3n) is 3.98. The number of rotatable bonds is 8. The lowest BCUT2D eigenvalue weighted by Crippen LogP contribution is -2.36. The van der Waals surface area contributed by atoms with E-state index in [-0.39, 0.29) is 12.6 Å². The molecule has 0 aromatic heterocycles. The highest BCUT2D eigenvalue weighted by molar-refractivity contribution is 5.28. The van der Waals surface area contributed by atoms with Crippen molar-refractivity contribution in [1.29, 1.82) is 0 Å². The second-order valence-electron chi connectivity index (χ2n) is 5.53. The molecule has 0 radical (unpaired) electrons. The maximum absolute atomic E-state index is 9.49. The van der Waals surface area contributed by atoms with E-state index in [2.05, 4.69) is 36.1 Å². The minimum Gasteiger partial charge on any atom is -0.489 e. The fraction of sp³-hybridized carbons (Fsp3) is 0.368. The molecule has 0 saturated heterocycles. The van der Waals surface area contributed by atoms with E-state index in [9.17, 15) is 5.11 Å². The Labute approximate surface area is 133 Å². The highest BCUT2D eigenvalue weighted by Crippen LogP contribution is 2.16. The van der Waals surface area contributed by atoms with Crippen molar-refractivity contribution < 1.29 is 9.84 Å². The van der Waals surface area contributed by atoms with Crippen LogP contribution in [0.5, 0.6) is 5.75 Å². The van der Waals surface area contributed by atoms with Gasteiger partial charge in [-0.1, -0.05) is 49.4 Å². The average molecular weight is 299 g/mol. The van der Waals surface area contributed by atoms with E-state index in [1.54, 1.807) is 0 Å². The van der Waals surface area contributed by atoms with Crippen molar-refractivity contribution in [3.63, 3.8) is 0 Å². The average Bonchev–Trinajstić information content (AvgIpc) is 2.59. The molecule has 0 aliphatic carbocycles. The number of aliphatic hydroxyl groups is 1. The summed E-state index contributed by atoms with van der Waals surface area (Å²) in [6, 6.07) is 18.5. The summed E-state index contributed by atoms with van der Waals surface area (Å²) in [4.78, 5) is 2.17. The zero-order valence-corrected chi connectivity index (χ0v) is 13.4. The summed E-state index contributed by atoms with van der Waals surface area (Å²) in [6.07, 6.45) is 0.847. The molecular formula is C19H25NO2. The molecule has 0 heterocycles. The van der Waals surface area contributed by atoms with E-state index in [4.69, 9.17) is 4.74 Å². The molecule has 0 aliphatic heterocycles. The number of benzene rings is 2. The predicted molar refractivity (Wildman–Crippen MR) is 90.1 cm³/mol. The molecule has 0 unspecified atom stereocenters. The first kappa shape index (κ1) is 16.5. The maximum Gasteiger partial charge on any atom is 0.119 e. The smallest absolute Gasteiger partial charge is 0.119 e. The summed E-state index contributed by atoms with van der Waals surface area (Å²) in [7, 11) is 2.04. The van der Waals surface area contributed by atoms with Crippen molar-refractivity contribution in [1.82, 2.24) is 4.90 Å². The molecule has 0 bridgehead atoms. The van der Waals surface area contributed by atoms with Gasteiger partial charge in [0.05, 0.1) is 6.61 Å². The van der Waals surface area contributed by atoms with Crippen LogP contribution in [0.4, 0.5) is 0 Å². The van der Waals surface area contributed by atoms with Gasteiger partial charge < -0.3 is 14.7 Å². The Morgan fingerprint density at radius 3 is 2.27 bits per heavy atom. The van der Waals surface area contributed by atoms with Crippen molar-refractivity contribution in [2.45, 2.75) is 26.0 Å². The van der Waals surface area contributed by atoms with Gasteiger partial charge in [0.25, 0.3) is 0 Å². The summed E-state index contributed by atoms with van der Waals surface area (Å²) in [6.45, 7) is 3.79. The highest BCUT2D eigenvalue weighted by Gasteiger charge is 2.12. The molecule has 0 saturated carbocycles.